The number of hydrogen-bond donors (Lipinski definition) is 2. The number of rotatable bonds is 7. The Morgan fingerprint density at radius 2 is 1.93 bits per heavy atom. The maximum atomic E-state index is 4.75. The summed E-state index contributed by atoms with van der Waals surface area (Å²) in [6.45, 7) is 7.24. The first-order valence-electron chi connectivity index (χ1n) is 9.69. The summed E-state index contributed by atoms with van der Waals surface area (Å²) in [5, 5.41) is 11.0. The highest BCUT2D eigenvalue weighted by Gasteiger charge is 2.06. The summed E-state index contributed by atoms with van der Waals surface area (Å²) in [7, 11) is 0. The molecule has 0 saturated heterocycles. The van der Waals surface area contributed by atoms with Gasteiger partial charge in [0.05, 0.1) is 24.5 Å². The van der Waals surface area contributed by atoms with Gasteiger partial charge in [0.15, 0.2) is 5.65 Å². The molecule has 0 aliphatic rings. The van der Waals surface area contributed by atoms with Crippen LogP contribution in [0.3, 0.4) is 0 Å². The quantitative estimate of drug-likeness (QED) is 0.367. The number of hydrogen-bond acceptors (Lipinski definition) is 5. The predicted octanol–water partition coefficient (Wildman–Crippen LogP) is 3.70. The van der Waals surface area contributed by atoms with Crippen molar-refractivity contribution in [3.8, 4) is 0 Å². The minimum absolute atomic E-state index is 0.528. The van der Waals surface area contributed by atoms with E-state index in [1.165, 1.54) is 6.33 Å². The second-order valence-corrected chi connectivity index (χ2v) is 6.83. The summed E-state index contributed by atoms with van der Waals surface area (Å²) in [5.41, 5.74) is 5.26. The number of pyridine rings is 2. The van der Waals surface area contributed by atoms with E-state index in [0.29, 0.717) is 18.8 Å². The van der Waals surface area contributed by atoms with Crippen LogP contribution in [0.25, 0.3) is 11.3 Å². The number of benzene rings is 1. The number of amidine groups is 1. The molecular weight excluding hydrogens is 374 g/mol. The Balaban J connectivity index is 1.53. The normalized spacial score (nSPS) is 11.4. The summed E-state index contributed by atoms with van der Waals surface area (Å²) < 4.78 is 1.71. The SMILES string of the molecule is C=C(/N=C(/CNc1ccccc1)NCc1cccc(C)n1)c1ccc2ncnn2c1. The van der Waals surface area contributed by atoms with Crippen molar-refractivity contribution in [2.75, 3.05) is 11.9 Å². The lowest BCUT2D eigenvalue weighted by Gasteiger charge is -2.13. The largest absolute Gasteiger partial charge is 0.378 e. The van der Waals surface area contributed by atoms with Crippen LogP contribution in [-0.2, 0) is 6.54 Å². The Hall–Kier alpha value is -4.00. The summed E-state index contributed by atoms with van der Waals surface area (Å²) in [5.74, 6) is 0.769. The summed E-state index contributed by atoms with van der Waals surface area (Å²) in [6.07, 6.45) is 3.40. The molecule has 2 N–H and O–H groups in total. The molecule has 4 aromatic rings. The molecule has 3 aromatic heterocycles. The smallest absolute Gasteiger partial charge is 0.155 e. The van der Waals surface area contributed by atoms with E-state index < -0.39 is 0 Å². The van der Waals surface area contributed by atoms with E-state index in [4.69, 9.17) is 4.99 Å². The van der Waals surface area contributed by atoms with Crippen LogP contribution in [0.4, 0.5) is 5.69 Å². The zero-order valence-electron chi connectivity index (χ0n) is 16.8. The third kappa shape index (κ3) is 4.88. The number of aryl methyl sites for hydroxylation is 1. The van der Waals surface area contributed by atoms with Crippen molar-refractivity contribution >= 4 is 22.9 Å². The van der Waals surface area contributed by atoms with Gasteiger partial charge in [-0.2, -0.15) is 5.10 Å². The molecule has 1 aromatic carbocycles. The molecule has 0 aliphatic heterocycles. The lowest BCUT2D eigenvalue weighted by atomic mass is 10.2. The predicted molar refractivity (Wildman–Crippen MR) is 120 cm³/mol. The van der Waals surface area contributed by atoms with Gasteiger partial charge in [0.1, 0.15) is 12.2 Å². The molecule has 0 fully saturated rings. The highest BCUT2D eigenvalue weighted by Crippen LogP contribution is 2.15. The van der Waals surface area contributed by atoms with Crippen LogP contribution in [0, 0.1) is 6.92 Å². The van der Waals surface area contributed by atoms with Gasteiger partial charge in [-0.25, -0.2) is 14.5 Å². The fourth-order valence-electron chi connectivity index (χ4n) is 2.99. The monoisotopic (exact) mass is 397 g/mol. The van der Waals surface area contributed by atoms with Gasteiger partial charge in [0.25, 0.3) is 0 Å². The Labute approximate surface area is 175 Å². The second-order valence-electron chi connectivity index (χ2n) is 6.83. The number of anilines is 1. The lowest BCUT2D eigenvalue weighted by molar-refractivity contribution is 0.856. The standard InChI is InChI=1S/C23H23N7/c1-17-7-6-10-21(28-17)13-25-22(14-24-20-8-4-3-5-9-20)29-18(2)19-11-12-23-26-16-27-30(23)15-19/h3-12,15-16,24H,2,13-14H2,1H3,(H,25,29). The molecule has 0 amide bonds. The summed E-state index contributed by atoms with van der Waals surface area (Å²) in [6, 6.07) is 19.8. The molecule has 0 atom stereocenters. The second kappa shape index (κ2) is 9.00. The topological polar surface area (TPSA) is 79.5 Å². The van der Waals surface area contributed by atoms with Crippen molar-refractivity contribution in [1.82, 2.24) is 24.9 Å². The molecule has 30 heavy (non-hydrogen) atoms. The van der Waals surface area contributed by atoms with Gasteiger partial charge in [-0.05, 0) is 43.3 Å². The van der Waals surface area contributed by atoms with Crippen molar-refractivity contribution < 1.29 is 0 Å². The lowest BCUT2D eigenvalue weighted by Crippen LogP contribution is -2.30. The van der Waals surface area contributed by atoms with Crippen molar-refractivity contribution in [3.63, 3.8) is 0 Å². The van der Waals surface area contributed by atoms with Crippen molar-refractivity contribution in [2.24, 2.45) is 4.99 Å². The highest BCUT2D eigenvalue weighted by molar-refractivity contribution is 5.91. The number of aromatic nitrogens is 4. The molecular formula is C23H23N7. The van der Waals surface area contributed by atoms with Gasteiger partial charge in [0, 0.05) is 23.1 Å². The Morgan fingerprint density at radius 3 is 2.77 bits per heavy atom. The molecule has 150 valence electrons. The van der Waals surface area contributed by atoms with Gasteiger partial charge in [-0.15, -0.1) is 0 Å². The molecule has 0 saturated carbocycles. The van der Waals surface area contributed by atoms with Crippen LogP contribution < -0.4 is 10.6 Å². The summed E-state index contributed by atoms with van der Waals surface area (Å²) >= 11 is 0. The Kier molecular flexibility index (Phi) is 5.80. The van der Waals surface area contributed by atoms with E-state index >= 15 is 0 Å². The third-order valence-electron chi connectivity index (χ3n) is 4.53. The highest BCUT2D eigenvalue weighted by atomic mass is 15.3. The molecule has 0 spiro atoms. The van der Waals surface area contributed by atoms with Crippen LogP contribution in [0.2, 0.25) is 0 Å². The van der Waals surface area contributed by atoms with Crippen LogP contribution in [0.1, 0.15) is 17.0 Å². The van der Waals surface area contributed by atoms with E-state index in [1.54, 1.807) is 4.52 Å². The van der Waals surface area contributed by atoms with E-state index in [1.807, 2.05) is 73.8 Å². The van der Waals surface area contributed by atoms with Crippen molar-refractivity contribution in [1.29, 1.82) is 0 Å². The number of nitrogens with zero attached hydrogens (tertiary/aromatic N) is 5. The zero-order valence-corrected chi connectivity index (χ0v) is 16.8. The van der Waals surface area contributed by atoms with E-state index in [-0.39, 0.29) is 0 Å². The Morgan fingerprint density at radius 1 is 1.07 bits per heavy atom. The summed E-state index contributed by atoms with van der Waals surface area (Å²) in [4.78, 5) is 13.5. The molecule has 0 radical (unpaired) electrons. The number of para-hydroxylation sites is 1. The number of nitrogens with one attached hydrogen (secondary N) is 2. The van der Waals surface area contributed by atoms with Crippen molar-refractivity contribution in [2.45, 2.75) is 13.5 Å². The minimum Gasteiger partial charge on any atom is -0.378 e. The minimum atomic E-state index is 0.528. The fourth-order valence-corrected chi connectivity index (χ4v) is 2.99. The van der Waals surface area contributed by atoms with Crippen LogP contribution >= 0.6 is 0 Å². The zero-order chi connectivity index (χ0) is 20.8. The average molecular weight is 397 g/mol. The Bertz CT molecular complexity index is 1180. The maximum absolute atomic E-state index is 4.75. The van der Waals surface area contributed by atoms with Gasteiger partial charge in [-0.1, -0.05) is 30.8 Å². The van der Waals surface area contributed by atoms with Crippen LogP contribution in [0.15, 0.2) is 84.8 Å². The number of fused-ring (bicyclic) bond motifs is 1. The first kappa shape index (κ1) is 19.3. The first-order valence-corrected chi connectivity index (χ1v) is 9.69. The maximum Gasteiger partial charge on any atom is 0.155 e. The van der Waals surface area contributed by atoms with Gasteiger partial charge < -0.3 is 10.6 Å². The van der Waals surface area contributed by atoms with Crippen LogP contribution in [0.5, 0.6) is 0 Å². The van der Waals surface area contributed by atoms with E-state index in [0.717, 1.165) is 34.1 Å². The van der Waals surface area contributed by atoms with Crippen molar-refractivity contribution in [3.05, 3.63) is 96.7 Å². The van der Waals surface area contributed by atoms with Gasteiger partial charge in [0.2, 0.25) is 0 Å². The van der Waals surface area contributed by atoms with E-state index in [2.05, 4.69) is 32.3 Å². The van der Waals surface area contributed by atoms with Gasteiger partial charge >= 0.3 is 0 Å². The fraction of sp³-hybridized carbons (Fsp3) is 0.130. The van der Waals surface area contributed by atoms with Crippen LogP contribution in [-0.4, -0.2) is 32.0 Å². The molecule has 7 nitrogen and oxygen atoms in total. The molecule has 0 aliphatic carbocycles. The van der Waals surface area contributed by atoms with E-state index in [9.17, 15) is 0 Å². The third-order valence-corrected chi connectivity index (χ3v) is 4.53. The molecule has 0 bridgehead atoms. The molecule has 4 rings (SSSR count). The first-order chi connectivity index (χ1) is 14.7. The molecule has 0 unspecified atom stereocenters. The molecule has 7 heteroatoms. The average Bonchev–Trinajstić information content (AvgIpc) is 3.24. The van der Waals surface area contributed by atoms with Gasteiger partial charge in [-0.3, -0.25) is 4.98 Å². The molecule has 3 heterocycles. The number of aliphatic imine (C=N–C) groups is 1.